The van der Waals surface area contributed by atoms with Crippen LogP contribution in [0, 0.1) is 0 Å². The number of phosphoric ester groups is 1. The molecule has 0 amide bonds. The van der Waals surface area contributed by atoms with Crippen LogP contribution in [0.25, 0.3) is 0 Å². The molecule has 0 aromatic rings. The van der Waals surface area contributed by atoms with Crippen LogP contribution >= 0.6 is 7.82 Å². The number of ether oxygens (including phenoxy) is 2. The van der Waals surface area contributed by atoms with Crippen LogP contribution in [0.3, 0.4) is 0 Å². The van der Waals surface area contributed by atoms with Crippen molar-refractivity contribution in [1.29, 1.82) is 0 Å². The Morgan fingerprint density at radius 3 is 1.67 bits per heavy atom. The summed E-state index contributed by atoms with van der Waals surface area (Å²) in [7, 11) is -0.289. The predicted molar refractivity (Wildman–Crippen MR) is 231 cm³/mol. The maximum Gasteiger partial charge on any atom is 0.472 e. The molecule has 1 saturated heterocycles. The lowest BCUT2D eigenvalue weighted by molar-refractivity contribution is -0.893. The number of nitrogens with zero attached hydrogens (tertiary/aromatic N) is 1. The summed E-state index contributed by atoms with van der Waals surface area (Å²) in [6, 6.07) is 0. The van der Waals surface area contributed by atoms with Crippen molar-refractivity contribution >= 4 is 13.8 Å². The third kappa shape index (κ3) is 32.3. The molecule has 1 aliphatic heterocycles. The Morgan fingerprint density at radius 2 is 1.15 bits per heavy atom. The van der Waals surface area contributed by atoms with E-state index in [1.807, 2.05) is 32.3 Å². The van der Waals surface area contributed by atoms with Crippen molar-refractivity contribution in [1.82, 2.24) is 0 Å². The maximum absolute atomic E-state index is 12.9. The van der Waals surface area contributed by atoms with Crippen molar-refractivity contribution in [2.45, 2.75) is 161 Å². The van der Waals surface area contributed by atoms with Gasteiger partial charge in [-0.1, -0.05) is 157 Å². The summed E-state index contributed by atoms with van der Waals surface area (Å²) in [5, 5.41) is 0. The minimum absolute atomic E-state index is 0.0682. The molecule has 1 N–H and O–H groups in total. The van der Waals surface area contributed by atoms with Gasteiger partial charge < -0.3 is 18.9 Å². The minimum Gasteiger partial charge on any atom is -0.488 e. The Kier molecular flexibility index (Phi) is 31.9. The van der Waals surface area contributed by atoms with Gasteiger partial charge >= 0.3 is 13.8 Å². The highest BCUT2D eigenvalue weighted by Crippen LogP contribution is 2.43. The number of carbonyl (C=O) groups is 1. The molecule has 1 heterocycles. The van der Waals surface area contributed by atoms with E-state index < -0.39 is 26.0 Å². The highest BCUT2D eigenvalue weighted by atomic mass is 31.2. The monoisotopic (exact) mass is 789 g/mol. The number of hydrogen-bond donors (Lipinski definition) is 1. The quantitative estimate of drug-likeness (QED) is 0.0193. The van der Waals surface area contributed by atoms with E-state index in [1.54, 1.807) is 6.26 Å². The number of esters is 1. The molecule has 9 heteroatoms. The van der Waals surface area contributed by atoms with Crippen LogP contribution in [0.5, 0.6) is 0 Å². The summed E-state index contributed by atoms with van der Waals surface area (Å²) in [5.74, 6) is -0.404. The third-order valence-electron chi connectivity index (χ3n) is 9.41. The van der Waals surface area contributed by atoms with Crippen LogP contribution in [0.1, 0.15) is 149 Å². The van der Waals surface area contributed by atoms with Crippen molar-refractivity contribution in [3.05, 3.63) is 85.3 Å². The number of hydrogen-bond acceptors (Lipinski definition) is 6. The average Bonchev–Trinajstić information content (AvgIpc) is 3.14. The van der Waals surface area contributed by atoms with Crippen LogP contribution in [0.15, 0.2) is 85.3 Å². The number of carbonyl (C=O) groups excluding carboxylic acids is 1. The Balaban J connectivity index is 2.47. The summed E-state index contributed by atoms with van der Waals surface area (Å²) in [4.78, 5) is 23.1. The number of unbranched alkanes of at least 4 members (excludes halogenated alkanes) is 12. The van der Waals surface area contributed by atoms with Crippen molar-refractivity contribution < 1.29 is 37.3 Å². The topological polar surface area (TPSA) is 91.3 Å². The summed E-state index contributed by atoms with van der Waals surface area (Å²) in [5.41, 5.74) is 0. The van der Waals surface area contributed by atoms with E-state index in [9.17, 15) is 14.3 Å². The zero-order valence-electron chi connectivity index (χ0n) is 35.2. The summed E-state index contributed by atoms with van der Waals surface area (Å²) < 4.78 is 35.4. The van der Waals surface area contributed by atoms with Gasteiger partial charge in [0.1, 0.15) is 19.7 Å². The lowest BCUT2D eigenvalue weighted by Gasteiger charge is -2.36. The second-order valence-corrected chi connectivity index (χ2v) is 16.6. The molecule has 1 fully saturated rings. The molecule has 1 aliphatic rings. The summed E-state index contributed by atoms with van der Waals surface area (Å²) >= 11 is 0. The fourth-order valence-corrected chi connectivity index (χ4v) is 6.77. The third-order valence-corrected chi connectivity index (χ3v) is 10.4. The second kappa shape index (κ2) is 34.7. The van der Waals surface area contributed by atoms with Crippen LogP contribution in [0.4, 0.5) is 0 Å². The molecule has 1 rings (SSSR count). The number of likely N-dealkylation sites (N-methyl/N-ethyl adjacent to an activating group) is 1. The fraction of sp³-hybridized carbons (Fsp3) is 0.674. The van der Waals surface area contributed by atoms with Gasteiger partial charge in [0, 0.05) is 6.42 Å². The van der Waals surface area contributed by atoms with Crippen LogP contribution in [-0.2, 0) is 27.9 Å². The Morgan fingerprint density at radius 1 is 0.655 bits per heavy atom. The van der Waals surface area contributed by atoms with Gasteiger partial charge in [0.15, 0.2) is 12.2 Å². The van der Waals surface area contributed by atoms with Crippen molar-refractivity contribution in [2.75, 3.05) is 40.4 Å². The number of rotatable bonds is 30. The zero-order valence-corrected chi connectivity index (χ0v) is 36.1. The zero-order chi connectivity index (χ0) is 40.1. The minimum atomic E-state index is -4.29. The van der Waals surface area contributed by atoms with E-state index in [2.05, 4.69) is 74.6 Å². The fourth-order valence-electron chi connectivity index (χ4n) is 6.05. The van der Waals surface area contributed by atoms with Gasteiger partial charge in [-0.2, -0.15) is 0 Å². The van der Waals surface area contributed by atoms with E-state index >= 15 is 0 Å². The predicted octanol–water partition coefficient (Wildman–Crippen LogP) is 12.6. The molecule has 3 atom stereocenters. The SMILES string of the molecule is CC/C=C\C/C=C\C/C=C\C/C=C\C/C=C\C/C=C\CCC(=O)OC1COP(=O)(O)OCC[N+](C)(C)CC1O/C=C\CCCCCCCCCCCCCC. The molecule has 8 nitrogen and oxygen atoms in total. The second-order valence-electron chi connectivity index (χ2n) is 15.1. The van der Waals surface area contributed by atoms with Crippen molar-refractivity contribution in [2.24, 2.45) is 0 Å². The first-order valence-electron chi connectivity index (χ1n) is 21.5. The lowest BCUT2D eigenvalue weighted by atomic mass is 10.0. The average molecular weight is 789 g/mol. The first-order chi connectivity index (χ1) is 26.7. The van der Waals surface area contributed by atoms with Gasteiger partial charge in [-0.05, 0) is 63.9 Å². The number of allylic oxidation sites excluding steroid dienone is 13. The smallest absolute Gasteiger partial charge is 0.472 e. The Bertz CT molecular complexity index is 1200. The van der Waals surface area contributed by atoms with Gasteiger partial charge in [0.05, 0.1) is 27.0 Å². The van der Waals surface area contributed by atoms with Gasteiger partial charge in [-0.25, -0.2) is 4.57 Å². The molecular formula is C46H79NO7P+. The van der Waals surface area contributed by atoms with E-state index in [1.165, 1.54) is 70.6 Å². The van der Waals surface area contributed by atoms with Crippen LogP contribution in [0.2, 0.25) is 0 Å². The van der Waals surface area contributed by atoms with E-state index in [0.717, 1.165) is 51.4 Å². The molecule has 0 aromatic heterocycles. The van der Waals surface area contributed by atoms with E-state index in [0.29, 0.717) is 24.0 Å². The van der Waals surface area contributed by atoms with Gasteiger partial charge in [-0.3, -0.25) is 13.8 Å². The van der Waals surface area contributed by atoms with Gasteiger partial charge in [-0.15, -0.1) is 0 Å². The largest absolute Gasteiger partial charge is 0.488 e. The normalized spacial score (nSPS) is 21.4. The van der Waals surface area contributed by atoms with E-state index in [4.69, 9.17) is 18.5 Å². The summed E-state index contributed by atoms with van der Waals surface area (Å²) in [6.45, 7) is 5.17. The molecule has 0 bridgehead atoms. The molecule has 3 unspecified atom stereocenters. The van der Waals surface area contributed by atoms with Gasteiger partial charge in [0.25, 0.3) is 0 Å². The number of phosphoric acid groups is 1. The highest BCUT2D eigenvalue weighted by molar-refractivity contribution is 7.47. The molecule has 0 aromatic carbocycles. The highest BCUT2D eigenvalue weighted by Gasteiger charge is 2.37. The molecule has 55 heavy (non-hydrogen) atoms. The van der Waals surface area contributed by atoms with Crippen molar-refractivity contribution in [3.8, 4) is 0 Å². The first kappa shape index (κ1) is 50.5. The van der Waals surface area contributed by atoms with E-state index in [-0.39, 0.29) is 19.6 Å². The molecule has 0 aliphatic carbocycles. The summed E-state index contributed by atoms with van der Waals surface area (Å²) in [6.07, 6.45) is 51.2. The van der Waals surface area contributed by atoms with Crippen LogP contribution < -0.4 is 0 Å². The van der Waals surface area contributed by atoms with Gasteiger partial charge in [0.2, 0.25) is 0 Å². The number of quaternary nitrogens is 1. The Labute approximate surface area is 336 Å². The first-order valence-corrected chi connectivity index (χ1v) is 23.0. The molecule has 0 spiro atoms. The van der Waals surface area contributed by atoms with Crippen molar-refractivity contribution in [3.63, 3.8) is 0 Å². The standard InChI is InChI=1S/C46H78NO7P/c1-5-7-9-11-13-15-17-19-21-22-23-24-25-26-28-30-32-34-36-38-46(48)54-45-43-53-55(49,50)52-41-39-47(3,4)42-44(45)51-40-37-35-33-31-29-27-20-18-16-14-12-10-8-6-2/h7,9,13,15,19,21,23-24,26,28,32,34,37,40,44-45H,5-6,8,10-12,14,16-18,20,22,25,27,29-31,33,35-36,38-39,41-43H2,1-4H3/p+1/b9-7-,15-13-,21-19-,24-23-,28-26-,34-32-,40-37-. The molecular weight excluding hydrogens is 709 g/mol. The maximum atomic E-state index is 12.9. The Hall–Kier alpha value is -2.48. The van der Waals surface area contributed by atoms with Crippen LogP contribution in [-0.4, -0.2) is 68.0 Å². The molecule has 314 valence electrons. The molecule has 0 saturated carbocycles. The lowest BCUT2D eigenvalue weighted by Crippen LogP contribution is -2.53. The molecule has 0 radical (unpaired) electrons.